The molecule has 1 N–H and O–H groups in total. The number of nitrogens with one attached hydrogen (secondary N) is 1. The van der Waals surface area contributed by atoms with Crippen molar-refractivity contribution in [3.8, 4) is 22.8 Å². The summed E-state index contributed by atoms with van der Waals surface area (Å²) in [6, 6.07) is 20.6. The molecule has 26 heavy (non-hydrogen) atoms. The molecule has 0 atom stereocenters. The van der Waals surface area contributed by atoms with Gasteiger partial charge in [0.15, 0.2) is 10.6 Å². The third-order valence-corrected chi connectivity index (χ3v) is 5.21. The van der Waals surface area contributed by atoms with Gasteiger partial charge in [-0.2, -0.15) is 5.10 Å². The maximum atomic E-state index is 5.44. The van der Waals surface area contributed by atoms with Gasteiger partial charge in [-0.3, -0.25) is 9.67 Å². The SMILES string of the molecule is Cc1ccc(C)n1-c1ccc(-c2n[nH]c(=S)n2-c2ccc(Br)cc2)cc1. The van der Waals surface area contributed by atoms with Crippen molar-refractivity contribution in [2.24, 2.45) is 0 Å². The van der Waals surface area contributed by atoms with E-state index >= 15 is 0 Å². The number of hydrogen-bond acceptors (Lipinski definition) is 2. The summed E-state index contributed by atoms with van der Waals surface area (Å²) in [6.45, 7) is 4.22. The van der Waals surface area contributed by atoms with Gasteiger partial charge in [-0.05, 0) is 86.7 Å². The van der Waals surface area contributed by atoms with Crippen LogP contribution in [0.25, 0.3) is 22.8 Å². The van der Waals surface area contributed by atoms with Crippen LogP contribution in [0.15, 0.2) is 65.1 Å². The Morgan fingerprint density at radius 3 is 1.96 bits per heavy atom. The van der Waals surface area contributed by atoms with E-state index in [1.165, 1.54) is 11.4 Å². The molecule has 4 nitrogen and oxygen atoms in total. The Morgan fingerprint density at radius 1 is 0.808 bits per heavy atom. The van der Waals surface area contributed by atoms with E-state index in [1.54, 1.807) is 0 Å². The molecule has 2 heterocycles. The number of aryl methyl sites for hydroxylation is 2. The molecule has 2 aromatic carbocycles. The van der Waals surface area contributed by atoms with Gasteiger partial charge < -0.3 is 4.57 Å². The van der Waals surface area contributed by atoms with E-state index in [0.717, 1.165) is 27.2 Å². The Labute approximate surface area is 165 Å². The van der Waals surface area contributed by atoms with Gasteiger partial charge >= 0.3 is 0 Å². The molecule has 0 unspecified atom stereocenters. The standard InChI is InChI=1S/C20H17BrN4S/c1-13-3-4-14(2)24(13)17-9-5-15(6-10-17)19-22-23-20(26)25(19)18-11-7-16(21)8-12-18/h3-12H,1-2H3,(H,23,26). The zero-order valence-corrected chi connectivity index (χ0v) is 16.8. The molecule has 130 valence electrons. The maximum Gasteiger partial charge on any atom is 0.200 e. The molecule has 0 radical (unpaired) electrons. The van der Waals surface area contributed by atoms with Gasteiger partial charge in [-0.25, -0.2) is 0 Å². The van der Waals surface area contributed by atoms with E-state index in [9.17, 15) is 0 Å². The molecule has 4 aromatic rings. The first kappa shape index (κ1) is 17.0. The van der Waals surface area contributed by atoms with E-state index in [1.807, 2.05) is 28.8 Å². The number of halogens is 1. The number of hydrogen-bond donors (Lipinski definition) is 1. The lowest BCUT2D eigenvalue weighted by atomic mass is 10.2. The fourth-order valence-corrected chi connectivity index (χ4v) is 3.66. The lowest BCUT2D eigenvalue weighted by Crippen LogP contribution is -2.00. The summed E-state index contributed by atoms with van der Waals surface area (Å²) in [5, 5.41) is 7.35. The van der Waals surface area contributed by atoms with E-state index in [2.05, 4.69) is 80.9 Å². The summed E-state index contributed by atoms with van der Waals surface area (Å²) in [4.78, 5) is 0. The number of H-pyrrole nitrogens is 1. The van der Waals surface area contributed by atoms with E-state index in [0.29, 0.717) is 4.77 Å². The largest absolute Gasteiger partial charge is 0.319 e. The van der Waals surface area contributed by atoms with Crippen LogP contribution in [0.5, 0.6) is 0 Å². The first-order valence-electron chi connectivity index (χ1n) is 8.24. The minimum atomic E-state index is 0.573. The van der Waals surface area contributed by atoms with Crippen LogP contribution in [0.2, 0.25) is 0 Å². The average Bonchev–Trinajstić information content (AvgIpc) is 3.18. The van der Waals surface area contributed by atoms with Gasteiger partial charge in [0.05, 0.1) is 5.69 Å². The quantitative estimate of drug-likeness (QED) is 0.424. The number of nitrogens with zero attached hydrogens (tertiary/aromatic N) is 3. The van der Waals surface area contributed by atoms with Crippen molar-refractivity contribution in [2.45, 2.75) is 13.8 Å². The summed E-state index contributed by atoms with van der Waals surface area (Å²) >= 11 is 8.91. The van der Waals surface area contributed by atoms with Gasteiger partial charge in [-0.1, -0.05) is 15.9 Å². The number of benzene rings is 2. The van der Waals surface area contributed by atoms with Crippen LogP contribution in [0.4, 0.5) is 0 Å². The molecule has 0 saturated heterocycles. The zero-order chi connectivity index (χ0) is 18.3. The second-order valence-electron chi connectivity index (χ2n) is 6.16. The van der Waals surface area contributed by atoms with Gasteiger partial charge in [0.1, 0.15) is 0 Å². The van der Waals surface area contributed by atoms with Crippen molar-refractivity contribution >= 4 is 28.1 Å². The van der Waals surface area contributed by atoms with Crippen molar-refractivity contribution in [3.63, 3.8) is 0 Å². The second-order valence-corrected chi connectivity index (χ2v) is 7.46. The molecule has 0 saturated carbocycles. The van der Waals surface area contributed by atoms with Crippen LogP contribution in [-0.4, -0.2) is 19.3 Å². The maximum absolute atomic E-state index is 5.44. The molecule has 0 bridgehead atoms. The molecule has 0 spiro atoms. The molecule has 0 aliphatic carbocycles. The van der Waals surface area contributed by atoms with Gasteiger partial charge in [0.2, 0.25) is 0 Å². The predicted octanol–water partition coefficient (Wildman–Crippen LogP) is 5.77. The number of aromatic amines is 1. The number of aromatic nitrogens is 4. The van der Waals surface area contributed by atoms with E-state index in [4.69, 9.17) is 12.2 Å². The molecule has 4 rings (SSSR count). The lowest BCUT2D eigenvalue weighted by Gasteiger charge is -2.11. The van der Waals surface area contributed by atoms with Gasteiger partial charge in [0.25, 0.3) is 0 Å². The normalized spacial score (nSPS) is 11.0. The molecule has 0 aliphatic heterocycles. The molecular formula is C20H17BrN4S. The third-order valence-electron chi connectivity index (χ3n) is 4.41. The summed E-state index contributed by atoms with van der Waals surface area (Å²) < 4.78 is 5.78. The zero-order valence-electron chi connectivity index (χ0n) is 14.4. The minimum Gasteiger partial charge on any atom is -0.319 e. The fraction of sp³-hybridized carbons (Fsp3) is 0.100. The highest BCUT2D eigenvalue weighted by Crippen LogP contribution is 2.25. The minimum absolute atomic E-state index is 0.573. The van der Waals surface area contributed by atoms with Crippen molar-refractivity contribution in [1.82, 2.24) is 19.3 Å². The Bertz CT molecular complexity index is 1100. The van der Waals surface area contributed by atoms with Crippen molar-refractivity contribution in [1.29, 1.82) is 0 Å². The Hall–Kier alpha value is -2.44. The number of rotatable bonds is 3. The topological polar surface area (TPSA) is 38.5 Å². The third kappa shape index (κ3) is 2.95. The van der Waals surface area contributed by atoms with Crippen LogP contribution in [0.3, 0.4) is 0 Å². The molecule has 0 amide bonds. The Kier molecular flexibility index (Phi) is 4.38. The van der Waals surface area contributed by atoms with E-state index < -0.39 is 0 Å². The predicted molar refractivity (Wildman–Crippen MR) is 111 cm³/mol. The van der Waals surface area contributed by atoms with Crippen molar-refractivity contribution in [2.75, 3.05) is 0 Å². The highest BCUT2D eigenvalue weighted by Gasteiger charge is 2.11. The van der Waals surface area contributed by atoms with Crippen LogP contribution in [0, 0.1) is 18.6 Å². The van der Waals surface area contributed by atoms with Crippen LogP contribution < -0.4 is 0 Å². The van der Waals surface area contributed by atoms with Crippen molar-refractivity contribution < 1.29 is 0 Å². The highest BCUT2D eigenvalue weighted by atomic mass is 79.9. The monoisotopic (exact) mass is 424 g/mol. The van der Waals surface area contributed by atoms with Crippen molar-refractivity contribution in [3.05, 3.63) is 81.3 Å². The molecule has 2 aromatic heterocycles. The highest BCUT2D eigenvalue weighted by molar-refractivity contribution is 9.10. The van der Waals surface area contributed by atoms with Gasteiger partial charge in [0, 0.05) is 27.1 Å². The molecule has 6 heteroatoms. The second kappa shape index (κ2) is 6.70. The fourth-order valence-electron chi connectivity index (χ4n) is 3.16. The first-order valence-corrected chi connectivity index (χ1v) is 9.44. The smallest absolute Gasteiger partial charge is 0.200 e. The molecular weight excluding hydrogens is 408 g/mol. The summed E-state index contributed by atoms with van der Waals surface area (Å²) in [5.41, 5.74) is 5.55. The van der Waals surface area contributed by atoms with Crippen LogP contribution in [0.1, 0.15) is 11.4 Å². The average molecular weight is 425 g/mol. The Balaban J connectivity index is 1.78. The first-order chi connectivity index (χ1) is 12.5. The summed E-state index contributed by atoms with van der Waals surface area (Å²) in [5.74, 6) is 0.796. The summed E-state index contributed by atoms with van der Waals surface area (Å²) in [7, 11) is 0. The Morgan fingerprint density at radius 2 is 1.35 bits per heavy atom. The van der Waals surface area contributed by atoms with Crippen LogP contribution in [-0.2, 0) is 0 Å². The van der Waals surface area contributed by atoms with E-state index in [-0.39, 0.29) is 0 Å². The lowest BCUT2D eigenvalue weighted by molar-refractivity contribution is 0.965. The van der Waals surface area contributed by atoms with Gasteiger partial charge in [-0.15, -0.1) is 0 Å². The summed E-state index contributed by atoms with van der Waals surface area (Å²) in [6.07, 6.45) is 0. The molecule has 0 fully saturated rings. The molecule has 0 aliphatic rings. The van der Waals surface area contributed by atoms with Crippen LogP contribution >= 0.6 is 28.1 Å².